The first kappa shape index (κ1) is 17.2. The monoisotopic (exact) mass is 343 g/mol. The summed E-state index contributed by atoms with van der Waals surface area (Å²) < 4.78 is 10.6. The Balaban J connectivity index is 1.70. The van der Waals surface area contributed by atoms with Crippen LogP contribution in [0.1, 0.15) is 28.9 Å². The summed E-state index contributed by atoms with van der Waals surface area (Å²) in [6.07, 6.45) is 3.81. The molecular formula is C19H25N3O3. The van der Waals surface area contributed by atoms with Crippen LogP contribution in [-0.4, -0.2) is 49.1 Å². The highest BCUT2D eigenvalue weighted by atomic mass is 16.5. The summed E-state index contributed by atoms with van der Waals surface area (Å²) in [4.78, 5) is 17.7. The Bertz CT molecular complexity index is 719. The number of H-pyrrole nitrogens is 1. The number of carbonyl (C=O) groups is 1. The Kier molecular flexibility index (Phi) is 5.16. The molecule has 1 aromatic carbocycles. The Morgan fingerprint density at radius 2 is 1.96 bits per heavy atom. The first-order valence-corrected chi connectivity index (χ1v) is 8.53. The zero-order valence-corrected chi connectivity index (χ0v) is 15.0. The van der Waals surface area contributed by atoms with E-state index in [-0.39, 0.29) is 11.9 Å². The number of likely N-dealkylation sites (tertiary alicyclic amines) is 1. The molecule has 1 saturated heterocycles. The van der Waals surface area contributed by atoms with Crippen LogP contribution in [0.5, 0.6) is 11.5 Å². The first-order chi connectivity index (χ1) is 12.1. The Hall–Kier alpha value is -2.63. The van der Waals surface area contributed by atoms with Crippen LogP contribution >= 0.6 is 0 Å². The van der Waals surface area contributed by atoms with Crippen molar-refractivity contribution in [3.63, 3.8) is 0 Å². The number of hydrogen-bond donors (Lipinski definition) is 2. The molecule has 1 aliphatic heterocycles. The normalized spacial score (nSPS) is 17.2. The predicted molar refractivity (Wildman–Crippen MR) is 97.6 cm³/mol. The lowest BCUT2D eigenvalue weighted by atomic mass is 10.0. The molecule has 0 bridgehead atoms. The average molecular weight is 343 g/mol. The average Bonchev–Trinajstić information content (AvgIpc) is 3.06. The van der Waals surface area contributed by atoms with Crippen molar-refractivity contribution >= 4 is 11.6 Å². The van der Waals surface area contributed by atoms with Gasteiger partial charge in [0.1, 0.15) is 11.5 Å². The van der Waals surface area contributed by atoms with E-state index in [1.807, 2.05) is 42.3 Å². The van der Waals surface area contributed by atoms with Crippen molar-refractivity contribution in [1.29, 1.82) is 0 Å². The number of aromatic nitrogens is 1. The number of hydrogen-bond acceptors (Lipinski definition) is 4. The summed E-state index contributed by atoms with van der Waals surface area (Å²) in [5.74, 6) is 1.58. The number of ether oxygens (including phenoxy) is 2. The highest BCUT2D eigenvalue weighted by Gasteiger charge is 2.25. The molecule has 0 radical (unpaired) electrons. The van der Waals surface area contributed by atoms with Crippen molar-refractivity contribution in [3.05, 3.63) is 41.7 Å². The van der Waals surface area contributed by atoms with E-state index in [0.717, 1.165) is 47.8 Å². The van der Waals surface area contributed by atoms with Crippen LogP contribution in [0.4, 0.5) is 5.69 Å². The summed E-state index contributed by atoms with van der Waals surface area (Å²) in [6, 6.07) is 7.78. The number of benzene rings is 1. The number of rotatable bonds is 5. The fraction of sp³-hybridized carbons (Fsp3) is 0.421. The molecule has 2 N–H and O–H groups in total. The van der Waals surface area contributed by atoms with Gasteiger partial charge in [0, 0.05) is 54.9 Å². The molecule has 0 spiro atoms. The zero-order valence-electron chi connectivity index (χ0n) is 15.0. The maximum absolute atomic E-state index is 12.7. The molecule has 1 unspecified atom stereocenters. The van der Waals surface area contributed by atoms with Gasteiger partial charge in [-0.2, -0.15) is 0 Å². The van der Waals surface area contributed by atoms with Crippen molar-refractivity contribution in [2.75, 3.05) is 32.6 Å². The summed E-state index contributed by atoms with van der Waals surface area (Å²) in [5.41, 5.74) is 2.61. The zero-order chi connectivity index (χ0) is 17.8. The molecule has 1 fully saturated rings. The van der Waals surface area contributed by atoms with Crippen LogP contribution in [0.25, 0.3) is 0 Å². The lowest BCUT2D eigenvalue weighted by molar-refractivity contribution is 0.0714. The van der Waals surface area contributed by atoms with Gasteiger partial charge in [0.25, 0.3) is 5.91 Å². The van der Waals surface area contributed by atoms with E-state index in [1.165, 1.54) is 0 Å². The number of amides is 1. The van der Waals surface area contributed by atoms with Gasteiger partial charge in [0.15, 0.2) is 0 Å². The number of carbonyl (C=O) groups excluding carboxylic acids is 1. The van der Waals surface area contributed by atoms with Crippen LogP contribution in [0.2, 0.25) is 0 Å². The lowest BCUT2D eigenvalue weighted by Crippen LogP contribution is -2.45. The second-order valence-electron chi connectivity index (χ2n) is 6.35. The minimum Gasteiger partial charge on any atom is -0.497 e. The fourth-order valence-electron chi connectivity index (χ4n) is 3.26. The number of nitrogens with one attached hydrogen (secondary N) is 2. The van der Waals surface area contributed by atoms with E-state index in [0.29, 0.717) is 6.54 Å². The molecular weight excluding hydrogens is 318 g/mol. The van der Waals surface area contributed by atoms with Crippen LogP contribution in [0, 0.1) is 6.92 Å². The van der Waals surface area contributed by atoms with E-state index < -0.39 is 0 Å². The third kappa shape index (κ3) is 3.90. The third-order valence-electron chi connectivity index (χ3n) is 4.62. The molecule has 1 aromatic heterocycles. The topological polar surface area (TPSA) is 66.6 Å². The highest BCUT2D eigenvalue weighted by Crippen LogP contribution is 2.27. The molecule has 25 heavy (non-hydrogen) atoms. The maximum Gasteiger partial charge on any atom is 0.255 e. The SMILES string of the molecule is COc1cc(NC2CCCN(C(=O)c3cc[nH]c3C)C2)cc(OC)c1. The number of methoxy groups -OCH3 is 2. The van der Waals surface area contributed by atoms with Crippen LogP contribution in [-0.2, 0) is 0 Å². The van der Waals surface area contributed by atoms with Crippen LogP contribution < -0.4 is 14.8 Å². The van der Waals surface area contributed by atoms with E-state index in [1.54, 1.807) is 14.2 Å². The summed E-state index contributed by atoms with van der Waals surface area (Å²) >= 11 is 0. The van der Waals surface area contributed by atoms with Gasteiger partial charge in [0.2, 0.25) is 0 Å². The molecule has 0 saturated carbocycles. The molecule has 1 amide bonds. The molecule has 134 valence electrons. The van der Waals surface area contributed by atoms with Gasteiger partial charge in [-0.25, -0.2) is 0 Å². The maximum atomic E-state index is 12.7. The van der Waals surface area contributed by atoms with Crippen molar-refractivity contribution in [3.8, 4) is 11.5 Å². The minimum atomic E-state index is 0.0912. The smallest absolute Gasteiger partial charge is 0.255 e. The highest BCUT2D eigenvalue weighted by molar-refractivity contribution is 5.95. The van der Waals surface area contributed by atoms with Crippen LogP contribution in [0.15, 0.2) is 30.5 Å². The van der Waals surface area contributed by atoms with Gasteiger partial charge in [0.05, 0.1) is 19.8 Å². The van der Waals surface area contributed by atoms with E-state index in [4.69, 9.17) is 9.47 Å². The molecule has 2 aromatic rings. The Labute approximate surface area is 148 Å². The molecule has 0 aliphatic carbocycles. The van der Waals surface area contributed by atoms with Crippen molar-refractivity contribution in [2.45, 2.75) is 25.8 Å². The number of piperidine rings is 1. The largest absolute Gasteiger partial charge is 0.497 e. The molecule has 2 heterocycles. The first-order valence-electron chi connectivity index (χ1n) is 8.53. The number of anilines is 1. The van der Waals surface area contributed by atoms with Gasteiger partial charge in [-0.15, -0.1) is 0 Å². The second kappa shape index (κ2) is 7.51. The molecule has 1 aliphatic rings. The summed E-state index contributed by atoms with van der Waals surface area (Å²) in [6.45, 7) is 3.40. The Morgan fingerprint density at radius 3 is 2.56 bits per heavy atom. The molecule has 3 rings (SSSR count). The fourth-order valence-corrected chi connectivity index (χ4v) is 3.26. The van der Waals surface area contributed by atoms with Crippen molar-refractivity contribution in [1.82, 2.24) is 9.88 Å². The standard InChI is InChI=1S/C19H25N3O3/c1-13-18(6-7-20-13)19(23)22-8-4-5-14(12-22)21-15-9-16(24-2)11-17(10-15)25-3/h6-7,9-11,14,20-21H,4-5,8,12H2,1-3H3. The van der Waals surface area contributed by atoms with E-state index in [2.05, 4.69) is 10.3 Å². The van der Waals surface area contributed by atoms with Gasteiger partial charge in [-0.1, -0.05) is 0 Å². The Morgan fingerprint density at radius 1 is 1.24 bits per heavy atom. The van der Waals surface area contributed by atoms with Gasteiger partial charge >= 0.3 is 0 Å². The van der Waals surface area contributed by atoms with Gasteiger partial charge < -0.3 is 24.7 Å². The number of aryl methyl sites for hydroxylation is 1. The molecule has 1 atom stereocenters. The van der Waals surface area contributed by atoms with E-state index in [9.17, 15) is 4.79 Å². The molecule has 6 heteroatoms. The van der Waals surface area contributed by atoms with Gasteiger partial charge in [-0.3, -0.25) is 4.79 Å². The van der Waals surface area contributed by atoms with Crippen LogP contribution in [0.3, 0.4) is 0 Å². The predicted octanol–water partition coefficient (Wildman–Crippen LogP) is 3.06. The minimum absolute atomic E-state index is 0.0912. The second-order valence-corrected chi connectivity index (χ2v) is 6.35. The quantitative estimate of drug-likeness (QED) is 0.876. The summed E-state index contributed by atoms with van der Waals surface area (Å²) in [5, 5.41) is 3.51. The molecule has 6 nitrogen and oxygen atoms in total. The van der Waals surface area contributed by atoms with Crippen molar-refractivity contribution < 1.29 is 14.3 Å². The lowest BCUT2D eigenvalue weighted by Gasteiger charge is -2.34. The van der Waals surface area contributed by atoms with Crippen molar-refractivity contribution in [2.24, 2.45) is 0 Å². The number of aromatic amines is 1. The van der Waals surface area contributed by atoms with Gasteiger partial charge in [-0.05, 0) is 25.8 Å². The number of nitrogens with zero attached hydrogens (tertiary/aromatic N) is 1. The van der Waals surface area contributed by atoms with E-state index >= 15 is 0 Å². The summed E-state index contributed by atoms with van der Waals surface area (Å²) in [7, 11) is 3.28. The third-order valence-corrected chi connectivity index (χ3v) is 4.62.